The summed E-state index contributed by atoms with van der Waals surface area (Å²) >= 11 is 1.74. The van der Waals surface area contributed by atoms with E-state index in [9.17, 15) is 10.1 Å². The van der Waals surface area contributed by atoms with Crippen LogP contribution in [0.25, 0.3) is 11.0 Å². The number of rotatable bonds is 7. The van der Waals surface area contributed by atoms with Crippen molar-refractivity contribution in [1.29, 1.82) is 5.26 Å². The van der Waals surface area contributed by atoms with E-state index in [-0.39, 0.29) is 6.04 Å². The average Bonchev–Trinajstić information content (AvgIpc) is 3.35. The second kappa shape index (κ2) is 10.1. The quantitative estimate of drug-likeness (QED) is 0.536. The van der Waals surface area contributed by atoms with E-state index >= 15 is 0 Å². The van der Waals surface area contributed by atoms with Gasteiger partial charge in [-0.15, -0.1) is 11.3 Å². The molecule has 1 fully saturated rings. The lowest BCUT2D eigenvalue weighted by Crippen LogP contribution is -2.39. The lowest BCUT2D eigenvalue weighted by Gasteiger charge is -2.36. The number of hydrogen-bond acceptors (Lipinski definition) is 8. The molecule has 1 N–H and O–H groups in total. The van der Waals surface area contributed by atoms with Gasteiger partial charge in [0.15, 0.2) is 11.7 Å². The summed E-state index contributed by atoms with van der Waals surface area (Å²) in [6, 6.07) is 13.9. The van der Waals surface area contributed by atoms with E-state index in [0.717, 1.165) is 19.0 Å². The highest BCUT2D eigenvalue weighted by atomic mass is 32.1. The number of methoxy groups -OCH3 is 1. The SMILES string of the molecule is COC(=O)[C@H](C#N)c1nc2ccccc2nc1NC[C@H](c1cccs1)N1CCC(C)CC1. The second-order valence-corrected chi connectivity index (χ2v) is 9.14. The predicted octanol–water partition coefficient (Wildman–Crippen LogP) is 4.36. The molecule has 166 valence electrons. The van der Waals surface area contributed by atoms with Crippen molar-refractivity contribution in [2.24, 2.45) is 5.92 Å². The summed E-state index contributed by atoms with van der Waals surface area (Å²) in [5.74, 6) is -0.583. The van der Waals surface area contributed by atoms with Gasteiger partial charge >= 0.3 is 5.97 Å². The molecule has 0 aliphatic carbocycles. The van der Waals surface area contributed by atoms with E-state index in [1.165, 1.54) is 24.8 Å². The van der Waals surface area contributed by atoms with Crippen molar-refractivity contribution < 1.29 is 9.53 Å². The number of carbonyl (C=O) groups excluding carboxylic acids is 1. The summed E-state index contributed by atoms with van der Waals surface area (Å²) in [5, 5.41) is 15.2. The molecule has 1 saturated heterocycles. The third-order valence-electron chi connectivity index (χ3n) is 6.03. The molecule has 32 heavy (non-hydrogen) atoms. The third-order valence-corrected chi connectivity index (χ3v) is 7.00. The highest BCUT2D eigenvalue weighted by Gasteiger charge is 2.29. The van der Waals surface area contributed by atoms with Gasteiger partial charge in [0, 0.05) is 11.4 Å². The Bertz CT molecular complexity index is 1100. The first kappa shape index (κ1) is 22.2. The standard InChI is InChI=1S/C24H27N5O2S/c1-16-9-11-29(12-10-16)20(21-8-5-13-32-21)15-26-23-22(17(14-25)24(30)31-2)27-18-6-3-4-7-19(18)28-23/h3-8,13,16-17,20H,9-12,15H2,1-2H3,(H,26,28)/t17-,20-/m1/s1. The van der Waals surface area contributed by atoms with Crippen LogP contribution in [0, 0.1) is 17.2 Å². The number of para-hydroxylation sites is 2. The number of nitrogens with one attached hydrogen (secondary N) is 1. The Balaban J connectivity index is 1.66. The van der Waals surface area contributed by atoms with Crippen LogP contribution in [0.4, 0.5) is 5.82 Å². The van der Waals surface area contributed by atoms with Gasteiger partial charge in [-0.2, -0.15) is 5.26 Å². The fraction of sp³-hybridized carbons (Fsp3) is 0.417. The zero-order valence-electron chi connectivity index (χ0n) is 18.3. The lowest BCUT2D eigenvalue weighted by molar-refractivity contribution is -0.141. The number of piperidine rings is 1. The van der Waals surface area contributed by atoms with Crippen LogP contribution in [0.15, 0.2) is 41.8 Å². The fourth-order valence-corrected chi connectivity index (χ4v) is 4.97. The summed E-state index contributed by atoms with van der Waals surface area (Å²) < 4.78 is 4.85. The average molecular weight is 450 g/mol. The number of anilines is 1. The number of hydrogen-bond donors (Lipinski definition) is 1. The molecule has 1 aliphatic rings. The van der Waals surface area contributed by atoms with E-state index in [1.807, 2.05) is 30.3 Å². The molecule has 0 unspecified atom stereocenters. The minimum atomic E-state index is -1.14. The number of fused-ring (bicyclic) bond motifs is 1. The Hall–Kier alpha value is -3.02. The Labute approximate surface area is 192 Å². The number of ether oxygens (including phenoxy) is 1. The van der Waals surface area contributed by atoms with Crippen LogP contribution in [0.1, 0.15) is 42.3 Å². The minimum Gasteiger partial charge on any atom is -0.468 e. The van der Waals surface area contributed by atoms with E-state index in [1.54, 1.807) is 11.3 Å². The molecule has 1 aromatic carbocycles. The number of nitrogens with zero attached hydrogens (tertiary/aromatic N) is 4. The van der Waals surface area contributed by atoms with Gasteiger partial charge in [0.2, 0.25) is 0 Å². The molecule has 0 saturated carbocycles. The van der Waals surface area contributed by atoms with Gasteiger partial charge in [-0.25, -0.2) is 9.97 Å². The normalized spacial score (nSPS) is 16.9. The maximum atomic E-state index is 12.3. The molecule has 3 heterocycles. The molecule has 0 radical (unpaired) electrons. The molecule has 3 aromatic rings. The Morgan fingerprint density at radius 1 is 1.25 bits per heavy atom. The van der Waals surface area contributed by atoms with Crippen molar-refractivity contribution in [3.63, 3.8) is 0 Å². The van der Waals surface area contributed by atoms with Crippen LogP contribution in [0.2, 0.25) is 0 Å². The van der Waals surface area contributed by atoms with Gasteiger partial charge in [-0.05, 0) is 55.4 Å². The summed E-state index contributed by atoms with van der Waals surface area (Å²) in [4.78, 5) is 25.4. The van der Waals surface area contributed by atoms with Gasteiger partial charge in [-0.3, -0.25) is 9.69 Å². The largest absolute Gasteiger partial charge is 0.468 e. The van der Waals surface area contributed by atoms with Crippen LogP contribution in [-0.4, -0.2) is 47.6 Å². The van der Waals surface area contributed by atoms with Crippen molar-refractivity contribution in [3.8, 4) is 6.07 Å². The molecular formula is C24H27N5O2S. The van der Waals surface area contributed by atoms with E-state index < -0.39 is 11.9 Å². The molecule has 2 atom stereocenters. The molecule has 0 spiro atoms. The summed E-state index contributed by atoms with van der Waals surface area (Å²) in [7, 11) is 1.28. The van der Waals surface area contributed by atoms with E-state index in [2.05, 4.69) is 39.6 Å². The molecule has 4 rings (SSSR count). The summed E-state index contributed by atoms with van der Waals surface area (Å²) in [5.41, 5.74) is 1.65. The van der Waals surface area contributed by atoms with Crippen molar-refractivity contribution in [1.82, 2.24) is 14.9 Å². The van der Waals surface area contributed by atoms with E-state index in [0.29, 0.717) is 29.1 Å². The first-order valence-electron chi connectivity index (χ1n) is 10.9. The van der Waals surface area contributed by atoms with Crippen LogP contribution in [0.3, 0.4) is 0 Å². The Kier molecular flexibility index (Phi) is 6.98. The maximum Gasteiger partial charge on any atom is 0.329 e. The summed E-state index contributed by atoms with van der Waals surface area (Å²) in [6.45, 7) is 5.01. The number of benzene rings is 1. The number of esters is 1. The lowest BCUT2D eigenvalue weighted by atomic mass is 9.97. The zero-order valence-corrected chi connectivity index (χ0v) is 19.1. The second-order valence-electron chi connectivity index (χ2n) is 8.16. The molecule has 1 aliphatic heterocycles. The van der Waals surface area contributed by atoms with E-state index in [4.69, 9.17) is 9.72 Å². The molecule has 7 nitrogen and oxygen atoms in total. The van der Waals surface area contributed by atoms with Crippen LogP contribution >= 0.6 is 11.3 Å². The van der Waals surface area contributed by atoms with Gasteiger partial charge in [-0.1, -0.05) is 25.1 Å². The first-order chi connectivity index (χ1) is 15.6. The van der Waals surface area contributed by atoms with Crippen LogP contribution < -0.4 is 5.32 Å². The Morgan fingerprint density at radius 2 is 1.97 bits per heavy atom. The zero-order chi connectivity index (χ0) is 22.5. The van der Waals surface area contributed by atoms with Gasteiger partial charge in [0.1, 0.15) is 5.69 Å². The number of carbonyl (C=O) groups is 1. The van der Waals surface area contributed by atoms with Crippen molar-refractivity contribution in [2.75, 3.05) is 32.1 Å². The number of thiophene rings is 1. The predicted molar refractivity (Wildman–Crippen MR) is 125 cm³/mol. The van der Waals surface area contributed by atoms with Crippen LogP contribution in [-0.2, 0) is 9.53 Å². The van der Waals surface area contributed by atoms with Crippen molar-refractivity contribution in [3.05, 3.63) is 52.3 Å². The van der Waals surface area contributed by atoms with Crippen molar-refractivity contribution in [2.45, 2.75) is 31.7 Å². The maximum absolute atomic E-state index is 12.3. The molecule has 2 aromatic heterocycles. The van der Waals surface area contributed by atoms with Gasteiger partial charge in [0.25, 0.3) is 0 Å². The smallest absolute Gasteiger partial charge is 0.329 e. The number of nitriles is 1. The molecule has 0 amide bonds. The topological polar surface area (TPSA) is 91.1 Å². The molecular weight excluding hydrogens is 422 g/mol. The van der Waals surface area contributed by atoms with Crippen molar-refractivity contribution >= 4 is 34.2 Å². The highest BCUT2D eigenvalue weighted by molar-refractivity contribution is 7.10. The fourth-order valence-electron chi connectivity index (χ4n) is 4.11. The van der Waals surface area contributed by atoms with Gasteiger partial charge < -0.3 is 10.1 Å². The number of aromatic nitrogens is 2. The molecule has 8 heteroatoms. The summed E-state index contributed by atoms with van der Waals surface area (Å²) in [6.07, 6.45) is 2.36. The monoisotopic (exact) mass is 449 g/mol. The third kappa shape index (κ3) is 4.74. The minimum absolute atomic E-state index is 0.183. The van der Waals surface area contributed by atoms with Crippen LogP contribution in [0.5, 0.6) is 0 Å². The van der Waals surface area contributed by atoms with Gasteiger partial charge in [0.05, 0.1) is 30.3 Å². The number of likely N-dealkylation sites (tertiary alicyclic amines) is 1. The Morgan fingerprint density at radius 3 is 2.59 bits per heavy atom. The molecule has 0 bridgehead atoms. The first-order valence-corrected chi connectivity index (χ1v) is 11.7. The highest BCUT2D eigenvalue weighted by Crippen LogP contribution is 2.31.